The average molecular weight is 403 g/mol. The Morgan fingerprint density at radius 1 is 1.11 bits per heavy atom. The summed E-state index contributed by atoms with van der Waals surface area (Å²) in [5.74, 6) is 0.335. The van der Waals surface area contributed by atoms with Gasteiger partial charge < -0.3 is 15.0 Å². The van der Waals surface area contributed by atoms with Gasteiger partial charge in [-0.2, -0.15) is 0 Å². The molecule has 0 aliphatic heterocycles. The molecule has 1 heterocycles. The van der Waals surface area contributed by atoms with Crippen molar-refractivity contribution in [3.8, 4) is 17.0 Å². The fourth-order valence-corrected chi connectivity index (χ4v) is 3.64. The molecule has 0 saturated carbocycles. The van der Waals surface area contributed by atoms with Gasteiger partial charge in [-0.3, -0.25) is 4.79 Å². The fourth-order valence-electron chi connectivity index (χ4n) is 3.14. The van der Waals surface area contributed by atoms with E-state index in [2.05, 4.69) is 4.57 Å². The lowest BCUT2D eigenvalue weighted by Crippen LogP contribution is -2.13. The maximum absolute atomic E-state index is 11.8. The van der Waals surface area contributed by atoms with E-state index in [9.17, 15) is 4.79 Å². The number of aromatic nitrogens is 1. The van der Waals surface area contributed by atoms with E-state index in [4.69, 9.17) is 33.7 Å². The van der Waals surface area contributed by atoms with Crippen LogP contribution in [0.25, 0.3) is 11.3 Å². The number of amides is 1. The van der Waals surface area contributed by atoms with Gasteiger partial charge in [-0.1, -0.05) is 29.3 Å². The number of hydrogen-bond donors (Lipinski definition) is 1. The van der Waals surface area contributed by atoms with Crippen LogP contribution in [0.4, 0.5) is 0 Å². The molecule has 3 rings (SSSR count). The molecule has 0 bridgehead atoms. The number of hydrogen-bond acceptors (Lipinski definition) is 2. The lowest BCUT2D eigenvalue weighted by atomic mass is 10.1. The molecule has 27 heavy (non-hydrogen) atoms. The van der Waals surface area contributed by atoms with Gasteiger partial charge in [0.1, 0.15) is 5.75 Å². The van der Waals surface area contributed by atoms with Crippen molar-refractivity contribution in [1.29, 1.82) is 0 Å². The van der Waals surface area contributed by atoms with E-state index < -0.39 is 5.91 Å². The van der Waals surface area contributed by atoms with E-state index in [-0.39, 0.29) is 0 Å². The Morgan fingerprint density at radius 3 is 2.41 bits per heavy atom. The van der Waals surface area contributed by atoms with E-state index in [0.29, 0.717) is 28.6 Å². The van der Waals surface area contributed by atoms with Crippen LogP contribution in [0, 0.1) is 6.92 Å². The molecule has 1 aromatic heterocycles. The summed E-state index contributed by atoms with van der Waals surface area (Å²) < 4.78 is 7.31. The molecule has 0 radical (unpaired) electrons. The number of halogens is 2. The molecule has 3 aromatic rings. The molecular formula is C21H20Cl2N2O2. The van der Waals surface area contributed by atoms with Crippen LogP contribution in [0.1, 0.15) is 21.6 Å². The van der Waals surface area contributed by atoms with Crippen molar-refractivity contribution >= 4 is 29.1 Å². The molecule has 140 valence electrons. The summed E-state index contributed by atoms with van der Waals surface area (Å²) in [5.41, 5.74) is 9.81. The van der Waals surface area contributed by atoms with Crippen molar-refractivity contribution in [3.05, 3.63) is 75.4 Å². The van der Waals surface area contributed by atoms with Crippen molar-refractivity contribution in [2.75, 3.05) is 7.11 Å². The highest BCUT2D eigenvalue weighted by atomic mass is 35.5. The van der Waals surface area contributed by atoms with Crippen LogP contribution in [-0.2, 0) is 13.0 Å². The SMILES string of the molecule is COc1ccc(-c2cc(C(N)=O)c(C)n2CCc2ccc(Cl)cc2Cl)cc1. The lowest BCUT2D eigenvalue weighted by molar-refractivity contribution is 0.0999. The molecule has 0 saturated heterocycles. The quantitative estimate of drug-likeness (QED) is 0.621. The number of primary amides is 1. The maximum atomic E-state index is 11.8. The summed E-state index contributed by atoms with van der Waals surface area (Å²) in [4.78, 5) is 11.8. The first-order chi connectivity index (χ1) is 12.9. The molecule has 0 spiro atoms. The first-order valence-corrected chi connectivity index (χ1v) is 9.24. The summed E-state index contributed by atoms with van der Waals surface area (Å²) in [5, 5.41) is 1.24. The molecule has 1 amide bonds. The van der Waals surface area contributed by atoms with Gasteiger partial charge in [0.15, 0.2) is 0 Å². The molecule has 0 fully saturated rings. The Kier molecular flexibility index (Phi) is 5.78. The summed E-state index contributed by atoms with van der Waals surface area (Å²) >= 11 is 12.3. The molecule has 0 unspecified atom stereocenters. The highest BCUT2D eigenvalue weighted by Gasteiger charge is 2.17. The van der Waals surface area contributed by atoms with Gasteiger partial charge in [0.05, 0.1) is 12.7 Å². The van der Waals surface area contributed by atoms with Crippen LogP contribution in [0.3, 0.4) is 0 Å². The highest BCUT2D eigenvalue weighted by molar-refractivity contribution is 6.35. The minimum absolute atomic E-state index is 0.439. The van der Waals surface area contributed by atoms with Crippen LogP contribution in [0.2, 0.25) is 10.0 Å². The van der Waals surface area contributed by atoms with Crippen LogP contribution in [0.5, 0.6) is 5.75 Å². The number of aryl methyl sites for hydroxylation is 1. The van der Waals surface area contributed by atoms with E-state index in [1.807, 2.05) is 49.4 Å². The van der Waals surface area contributed by atoms with Gasteiger partial charge in [0.25, 0.3) is 5.91 Å². The number of rotatable bonds is 6. The molecule has 0 aliphatic carbocycles. The zero-order valence-corrected chi connectivity index (χ0v) is 16.6. The second-order valence-corrected chi connectivity index (χ2v) is 7.10. The summed E-state index contributed by atoms with van der Waals surface area (Å²) in [6.45, 7) is 2.55. The second kappa shape index (κ2) is 8.07. The molecule has 0 aliphatic rings. The first-order valence-electron chi connectivity index (χ1n) is 8.49. The topological polar surface area (TPSA) is 57.2 Å². The van der Waals surface area contributed by atoms with Gasteiger partial charge in [-0.25, -0.2) is 0 Å². The van der Waals surface area contributed by atoms with E-state index in [0.717, 1.165) is 28.3 Å². The minimum atomic E-state index is -0.439. The minimum Gasteiger partial charge on any atom is -0.497 e. The van der Waals surface area contributed by atoms with E-state index >= 15 is 0 Å². The summed E-state index contributed by atoms with van der Waals surface area (Å²) in [6, 6.07) is 15.0. The predicted molar refractivity (Wildman–Crippen MR) is 110 cm³/mol. The monoisotopic (exact) mass is 402 g/mol. The molecule has 0 atom stereocenters. The number of benzene rings is 2. The van der Waals surface area contributed by atoms with Crippen molar-refractivity contribution in [2.24, 2.45) is 5.73 Å². The van der Waals surface area contributed by atoms with Crippen molar-refractivity contribution in [3.63, 3.8) is 0 Å². The van der Waals surface area contributed by atoms with Gasteiger partial charge in [-0.05, 0) is 66.9 Å². The molecular weight excluding hydrogens is 383 g/mol. The van der Waals surface area contributed by atoms with Crippen LogP contribution in [-0.4, -0.2) is 17.6 Å². The Bertz CT molecular complexity index is 979. The number of carbonyl (C=O) groups is 1. The van der Waals surface area contributed by atoms with Gasteiger partial charge in [-0.15, -0.1) is 0 Å². The lowest BCUT2D eigenvalue weighted by Gasteiger charge is -2.13. The zero-order chi connectivity index (χ0) is 19.6. The maximum Gasteiger partial charge on any atom is 0.250 e. The van der Waals surface area contributed by atoms with Crippen molar-refractivity contribution in [2.45, 2.75) is 19.9 Å². The largest absolute Gasteiger partial charge is 0.497 e. The van der Waals surface area contributed by atoms with E-state index in [1.54, 1.807) is 13.2 Å². The Balaban J connectivity index is 1.98. The Hall–Kier alpha value is -2.43. The second-order valence-electron chi connectivity index (χ2n) is 6.26. The third-order valence-corrected chi connectivity index (χ3v) is 5.22. The normalized spacial score (nSPS) is 10.8. The van der Waals surface area contributed by atoms with E-state index in [1.165, 1.54) is 0 Å². The molecule has 2 N–H and O–H groups in total. The molecule has 4 nitrogen and oxygen atoms in total. The van der Waals surface area contributed by atoms with Crippen LogP contribution in [0.15, 0.2) is 48.5 Å². The summed E-state index contributed by atoms with van der Waals surface area (Å²) in [6.07, 6.45) is 0.701. The number of nitrogens with two attached hydrogens (primary N) is 1. The standard InChI is InChI=1S/C21H20Cl2N2O2/c1-13-18(21(24)26)12-20(15-4-7-17(27-2)8-5-15)25(13)10-9-14-3-6-16(22)11-19(14)23/h3-8,11-12H,9-10H2,1-2H3,(H2,24,26). The zero-order valence-electron chi connectivity index (χ0n) is 15.1. The highest BCUT2D eigenvalue weighted by Crippen LogP contribution is 2.29. The smallest absolute Gasteiger partial charge is 0.250 e. The van der Waals surface area contributed by atoms with Gasteiger partial charge in [0, 0.05) is 28.0 Å². The molecule has 2 aromatic carbocycles. The fraction of sp³-hybridized carbons (Fsp3) is 0.190. The summed E-state index contributed by atoms with van der Waals surface area (Å²) in [7, 11) is 1.63. The number of carbonyl (C=O) groups excluding carboxylic acids is 1. The first kappa shape index (κ1) is 19.3. The Labute approximate surface area is 168 Å². The van der Waals surface area contributed by atoms with Gasteiger partial charge >= 0.3 is 0 Å². The number of methoxy groups -OCH3 is 1. The predicted octanol–water partition coefficient (Wildman–Crippen LogP) is 5.12. The van der Waals surface area contributed by atoms with Crippen molar-refractivity contribution < 1.29 is 9.53 Å². The third kappa shape index (κ3) is 4.12. The average Bonchev–Trinajstić information content (AvgIpc) is 2.98. The van der Waals surface area contributed by atoms with Crippen LogP contribution < -0.4 is 10.5 Å². The Morgan fingerprint density at radius 2 is 1.81 bits per heavy atom. The third-order valence-electron chi connectivity index (χ3n) is 4.64. The number of nitrogens with zero attached hydrogens (tertiary/aromatic N) is 1. The van der Waals surface area contributed by atoms with Gasteiger partial charge in [0.2, 0.25) is 0 Å². The van der Waals surface area contributed by atoms with Crippen molar-refractivity contribution in [1.82, 2.24) is 4.57 Å². The molecule has 6 heteroatoms. The number of ether oxygens (including phenoxy) is 1. The van der Waals surface area contributed by atoms with Crippen LogP contribution >= 0.6 is 23.2 Å².